The van der Waals surface area contributed by atoms with Crippen molar-refractivity contribution in [2.24, 2.45) is 0 Å². The van der Waals surface area contributed by atoms with Crippen LogP contribution < -0.4 is 4.74 Å². The third kappa shape index (κ3) is 3.35. The number of thiophene rings is 1. The molecule has 1 fully saturated rings. The average molecular weight is 317 g/mol. The highest BCUT2D eigenvalue weighted by molar-refractivity contribution is 7.10. The van der Waals surface area contributed by atoms with E-state index in [0.717, 1.165) is 31.8 Å². The third-order valence-electron chi connectivity index (χ3n) is 4.52. The largest absolute Gasteiger partial charge is 0.497 e. The topological polar surface area (TPSA) is 32.7 Å². The van der Waals surface area contributed by atoms with Gasteiger partial charge in [0.25, 0.3) is 0 Å². The van der Waals surface area contributed by atoms with Crippen LogP contribution in [0.15, 0.2) is 35.7 Å². The van der Waals surface area contributed by atoms with Crippen LogP contribution >= 0.6 is 11.3 Å². The molecular weight excluding hydrogens is 294 g/mol. The van der Waals surface area contributed by atoms with Crippen LogP contribution in [-0.2, 0) is 6.54 Å². The van der Waals surface area contributed by atoms with E-state index in [1.807, 2.05) is 18.2 Å². The van der Waals surface area contributed by atoms with E-state index < -0.39 is 0 Å². The van der Waals surface area contributed by atoms with Crippen molar-refractivity contribution in [2.75, 3.05) is 20.2 Å². The number of piperidine rings is 1. The number of benzene rings is 1. The monoisotopic (exact) mass is 317 g/mol. The van der Waals surface area contributed by atoms with Crippen LogP contribution in [0.4, 0.5) is 0 Å². The van der Waals surface area contributed by atoms with Gasteiger partial charge in [0.2, 0.25) is 0 Å². The molecule has 3 rings (SSSR count). The second-order valence-electron chi connectivity index (χ2n) is 6.00. The summed E-state index contributed by atoms with van der Waals surface area (Å²) in [7, 11) is 1.68. The first-order valence-electron chi connectivity index (χ1n) is 7.74. The molecule has 0 radical (unpaired) electrons. The summed E-state index contributed by atoms with van der Waals surface area (Å²) in [5.41, 5.74) is 2.54. The maximum absolute atomic E-state index is 10.6. The fourth-order valence-corrected chi connectivity index (χ4v) is 4.12. The number of aryl methyl sites for hydroxylation is 1. The summed E-state index contributed by atoms with van der Waals surface area (Å²) in [6.45, 7) is 4.87. The Morgan fingerprint density at radius 2 is 2.23 bits per heavy atom. The van der Waals surface area contributed by atoms with Gasteiger partial charge < -0.3 is 9.84 Å². The van der Waals surface area contributed by atoms with Crippen molar-refractivity contribution < 1.29 is 9.84 Å². The summed E-state index contributed by atoms with van der Waals surface area (Å²) in [4.78, 5) is 3.77. The Kier molecular flexibility index (Phi) is 4.81. The minimum absolute atomic E-state index is 0.204. The molecule has 0 bridgehead atoms. The predicted molar refractivity (Wildman–Crippen MR) is 90.7 cm³/mol. The van der Waals surface area contributed by atoms with Gasteiger partial charge in [0.05, 0.1) is 13.2 Å². The van der Waals surface area contributed by atoms with Crippen LogP contribution in [0.3, 0.4) is 0 Å². The average Bonchev–Trinajstić information content (AvgIpc) is 2.92. The van der Waals surface area contributed by atoms with Crippen molar-refractivity contribution >= 4 is 11.3 Å². The fourth-order valence-electron chi connectivity index (χ4n) is 3.17. The molecule has 0 aliphatic carbocycles. The summed E-state index contributed by atoms with van der Waals surface area (Å²) in [5.74, 6) is 1.07. The molecule has 3 nitrogen and oxygen atoms in total. The Balaban J connectivity index is 1.65. The third-order valence-corrected chi connectivity index (χ3v) is 5.53. The summed E-state index contributed by atoms with van der Waals surface area (Å²) in [6.07, 6.45) is 0.666. The highest BCUT2D eigenvalue weighted by atomic mass is 32.1. The number of hydrogen-bond acceptors (Lipinski definition) is 4. The lowest BCUT2D eigenvalue weighted by molar-refractivity contribution is 0.0480. The van der Waals surface area contributed by atoms with Crippen LogP contribution in [-0.4, -0.2) is 36.3 Å². The van der Waals surface area contributed by atoms with Gasteiger partial charge in [-0.25, -0.2) is 0 Å². The number of hydrogen-bond donors (Lipinski definition) is 1. The maximum atomic E-state index is 10.6. The molecular formula is C18H23NO2S. The molecule has 118 valence electrons. The molecule has 1 aliphatic rings. The lowest BCUT2D eigenvalue weighted by Crippen LogP contribution is -2.42. The number of likely N-dealkylation sites (tertiary alicyclic amines) is 1. The van der Waals surface area contributed by atoms with Crippen LogP contribution in [0.2, 0.25) is 0 Å². The number of ether oxygens (including phenoxy) is 1. The molecule has 0 unspecified atom stereocenters. The van der Waals surface area contributed by atoms with Gasteiger partial charge in [-0.3, -0.25) is 4.90 Å². The summed E-state index contributed by atoms with van der Waals surface area (Å²) >= 11 is 1.81. The molecule has 2 atom stereocenters. The van der Waals surface area contributed by atoms with Gasteiger partial charge in [0, 0.05) is 23.9 Å². The second-order valence-corrected chi connectivity index (χ2v) is 7.00. The normalized spacial score (nSPS) is 22.7. The molecule has 1 N–H and O–H groups in total. The maximum Gasteiger partial charge on any atom is 0.119 e. The van der Waals surface area contributed by atoms with Gasteiger partial charge in [0.15, 0.2) is 0 Å². The quantitative estimate of drug-likeness (QED) is 0.938. The fraction of sp³-hybridized carbons (Fsp3) is 0.444. The zero-order chi connectivity index (χ0) is 15.5. The first kappa shape index (κ1) is 15.5. The highest BCUT2D eigenvalue weighted by Crippen LogP contribution is 2.31. The molecule has 1 aliphatic heterocycles. The Labute approximate surface area is 136 Å². The van der Waals surface area contributed by atoms with Gasteiger partial charge in [-0.15, -0.1) is 11.3 Å². The van der Waals surface area contributed by atoms with Crippen molar-refractivity contribution in [1.29, 1.82) is 0 Å². The minimum Gasteiger partial charge on any atom is -0.497 e. The molecule has 1 saturated heterocycles. The van der Waals surface area contributed by atoms with E-state index in [4.69, 9.17) is 4.74 Å². The van der Waals surface area contributed by atoms with Crippen LogP contribution in [0.25, 0.3) is 0 Å². The Morgan fingerprint density at radius 1 is 1.36 bits per heavy atom. The molecule has 0 amide bonds. The minimum atomic E-state index is -0.318. The number of aliphatic hydroxyl groups excluding tert-OH is 1. The number of rotatable bonds is 4. The standard InChI is InChI=1S/C18H23NO2S/c1-13-7-9-22-18(13)12-19-8-6-16(17(20)11-19)14-4-3-5-15(10-14)21-2/h3-5,7,9-10,16-17,20H,6,8,11-12H2,1-2H3/t16-,17+/m0/s1. The van der Waals surface area contributed by atoms with E-state index in [-0.39, 0.29) is 12.0 Å². The van der Waals surface area contributed by atoms with Crippen molar-refractivity contribution in [3.05, 3.63) is 51.7 Å². The number of β-amino-alcohol motifs (C(OH)–C–C–N with tert-alkyl or cyclic N) is 1. The lowest BCUT2D eigenvalue weighted by Gasteiger charge is -2.36. The van der Waals surface area contributed by atoms with Gasteiger partial charge in [-0.1, -0.05) is 12.1 Å². The van der Waals surface area contributed by atoms with E-state index >= 15 is 0 Å². The van der Waals surface area contributed by atoms with E-state index in [2.05, 4.69) is 29.3 Å². The molecule has 2 aromatic rings. The first-order valence-corrected chi connectivity index (χ1v) is 8.62. The van der Waals surface area contributed by atoms with Gasteiger partial charge in [-0.2, -0.15) is 0 Å². The molecule has 2 heterocycles. The van der Waals surface area contributed by atoms with E-state index in [9.17, 15) is 5.11 Å². The SMILES string of the molecule is COc1cccc([C@@H]2CCN(Cc3sccc3C)C[C@H]2O)c1. The van der Waals surface area contributed by atoms with Gasteiger partial charge in [-0.05, 0) is 54.6 Å². The molecule has 0 saturated carbocycles. The first-order chi connectivity index (χ1) is 10.7. The molecule has 1 aromatic carbocycles. The molecule has 0 spiro atoms. The van der Waals surface area contributed by atoms with Crippen molar-refractivity contribution in [1.82, 2.24) is 4.90 Å². The molecule has 1 aromatic heterocycles. The van der Waals surface area contributed by atoms with E-state index in [0.29, 0.717) is 0 Å². The zero-order valence-corrected chi connectivity index (χ0v) is 14.0. The highest BCUT2D eigenvalue weighted by Gasteiger charge is 2.29. The number of nitrogens with zero attached hydrogens (tertiary/aromatic N) is 1. The number of methoxy groups -OCH3 is 1. The lowest BCUT2D eigenvalue weighted by atomic mass is 9.87. The van der Waals surface area contributed by atoms with Crippen LogP contribution in [0, 0.1) is 6.92 Å². The second kappa shape index (κ2) is 6.82. The van der Waals surface area contributed by atoms with Crippen LogP contribution in [0.1, 0.15) is 28.3 Å². The Hall–Kier alpha value is -1.36. The zero-order valence-electron chi connectivity index (χ0n) is 13.2. The Bertz CT molecular complexity index is 625. The summed E-state index contributed by atoms with van der Waals surface area (Å²) in [5, 5.41) is 12.7. The van der Waals surface area contributed by atoms with E-state index in [1.165, 1.54) is 16.0 Å². The van der Waals surface area contributed by atoms with Crippen molar-refractivity contribution in [3.8, 4) is 5.75 Å². The summed E-state index contributed by atoms with van der Waals surface area (Å²) < 4.78 is 5.29. The smallest absolute Gasteiger partial charge is 0.119 e. The predicted octanol–water partition coefficient (Wildman–Crippen LogP) is 3.42. The van der Waals surface area contributed by atoms with Crippen LogP contribution in [0.5, 0.6) is 5.75 Å². The summed E-state index contributed by atoms with van der Waals surface area (Å²) in [6, 6.07) is 10.3. The number of aliphatic hydroxyl groups is 1. The Morgan fingerprint density at radius 3 is 2.91 bits per heavy atom. The molecule has 4 heteroatoms. The van der Waals surface area contributed by atoms with E-state index in [1.54, 1.807) is 18.4 Å². The van der Waals surface area contributed by atoms with Gasteiger partial charge in [0.1, 0.15) is 5.75 Å². The van der Waals surface area contributed by atoms with Crippen molar-refractivity contribution in [3.63, 3.8) is 0 Å². The van der Waals surface area contributed by atoms with Crippen molar-refractivity contribution in [2.45, 2.75) is 31.9 Å². The van der Waals surface area contributed by atoms with Gasteiger partial charge >= 0.3 is 0 Å². The molecule has 22 heavy (non-hydrogen) atoms.